The van der Waals surface area contributed by atoms with Crippen molar-refractivity contribution in [1.82, 2.24) is 19.9 Å². The lowest BCUT2D eigenvalue weighted by molar-refractivity contribution is 0.517. The van der Waals surface area contributed by atoms with Crippen molar-refractivity contribution in [2.45, 2.75) is 25.4 Å². The molecule has 0 spiro atoms. The molecule has 3 aromatic rings. The third-order valence-corrected chi connectivity index (χ3v) is 4.31. The summed E-state index contributed by atoms with van der Waals surface area (Å²) in [5.41, 5.74) is 3.59. The Morgan fingerprint density at radius 1 is 1.24 bits per heavy atom. The van der Waals surface area contributed by atoms with Gasteiger partial charge in [-0.1, -0.05) is 23.7 Å². The highest BCUT2D eigenvalue weighted by Gasteiger charge is 2.22. The van der Waals surface area contributed by atoms with E-state index in [9.17, 15) is 0 Å². The topological polar surface area (TPSA) is 42.2 Å². The molecular weight excluding hydrogens is 284 g/mol. The number of hydrogen-bond acceptors (Lipinski definition) is 3. The largest absolute Gasteiger partial charge is 0.303 e. The fraction of sp³-hybridized carbons (Fsp3) is 0.250. The standard InChI is InChI=1S/C16H15ClN4/c17-12-5-6-13-11(9-12)4-7-14(13)18-10-16-20-19-15-3-1-2-8-21(15)16/h1-3,5-6,8-9,14,18H,4,7,10H2. The molecular formula is C16H15ClN4. The summed E-state index contributed by atoms with van der Waals surface area (Å²) in [6.07, 6.45) is 4.18. The van der Waals surface area contributed by atoms with Crippen LogP contribution in [0.15, 0.2) is 42.6 Å². The summed E-state index contributed by atoms with van der Waals surface area (Å²) in [6.45, 7) is 0.706. The highest BCUT2D eigenvalue weighted by Crippen LogP contribution is 2.32. The SMILES string of the molecule is Clc1ccc2c(c1)CCC2NCc1nnc2ccccn12. The molecule has 0 fully saturated rings. The van der Waals surface area contributed by atoms with E-state index >= 15 is 0 Å². The van der Waals surface area contributed by atoms with E-state index in [1.165, 1.54) is 11.1 Å². The number of halogens is 1. The van der Waals surface area contributed by atoms with Gasteiger partial charge < -0.3 is 5.32 Å². The molecule has 21 heavy (non-hydrogen) atoms. The normalized spacial score (nSPS) is 17.3. The van der Waals surface area contributed by atoms with Gasteiger partial charge in [0.15, 0.2) is 11.5 Å². The summed E-state index contributed by atoms with van der Waals surface area (Å²) in [5, 5.41) is 12.8. The zero-order chi connectivity index (χ0) is 14.2. The Bertz CT molecular complexity index is 796. The Labute approximate surface area is 127 Å². The van der Waals surface area contributed by atoms with Gasteiger partial charge in [0.05, 0.1) is 6.54 Å². The first kappa shape index (κ1) is 12.8. The fourth-order valence-corrected chi connectivity index (χ4v) is 3.22. The number of fused-ring (bicyclic) bond motifs is 2. The molecule has 0 amide bonds. The van der Waals surface area contributed by atoms with Gasteiger partial charge in [-0.05, 0) is 48.2 Å². The van der Waals surface area contributed by atoms with Crippen LogP contribution < -0.4 is 5.32 Å². The molecule has 0 bridgehead atoms. The number of nitrogens with one attached hydrogen (secondary N) is 1. The smallest absolute Gasteiger partial charge is 0.160 e. The summed E-state index contributed by atoms with van der Waals surface area (Å²) >= 11 is 6.05. The second-order valence-corrected chi connectivity index (χ2v) is 5.80. The average Bonchev–Trinajstić information content (AvgIpc) is 3.08. The summed E-state index contributed by atoms with van der Waals surface area (Å²) in [6, 6.07) is 12.5. The maximum absolute atomic E-state index is 6.05. The van der Waals surface area contributed by atoms with Crippen molar-refractivity contribution in [2.24, 2.45) is 0 Å². The zero-order valence-corrected chi connectivity index (χ0v) is 12.2. The number of aromatic nitrogens is 3. The molecule has 0 aliphatic heterocycles. The van der Waals surface area contributed by atoms with Crippen molar-refractivity contribution in [3.05, 3.63) is 64.6 Å². The van der Waals surface area contributed by atoms with Gasteiger partial charge in [0.1, 0.15) is 0 Å². The van der Waals surface area contributed by atoms with Crippen molar-refractivity contribution in [2.75, 3.05) is 0 Å². The van der Waals surface area contributed by atoms with Crippen LogP contribution in [0.25, 0.3) is 5.65 Å². The van der Waals surface area contributed by atoms with Gasteiger partial charge >= 0.3 is 0 Å². The minimum Gasteiger partial charge on any atom is -0.303 e. The molecule has 1 unspecified atom stereocenters. The van der Waals surface area contributed by atoms with E-state index < -0.39 is 0 Å². The molecule has 1 atom stereocenters. The highest BCUT2D eigenvalue weighted by atomic mass is 35.5. The van der Waals surface area contributed by atoms with E-state index in [1.54, 1.807) is 0 Å². The quantitative estimate of drug-likeness (QED) is 0.807. The Balaban J connectivity index is 1.54. The van der Waals surface area contributed by atoms with Crippen LogP contribution in [0.3, 0.4) is 0 Å². The first-order chi connectivity index (χ1) is 10.3. The molecule has 1 N–H and O–H groups in total. The average molecular weight is 299 g/mol. The number of nitrogens with zero attached hydrogens (tertiary/aromatic N) is 3. The monoisotopic (exact) mass is 298 g/mol. The molecule has 1 aliphatic carbocycles. The number of hydrogen-bond donors (Lipinski definition) is 1. The van der Waals surface area contributed by atoms with Gasteiger partial charge in [0.2, 0.25) is 0 Å². The maximum Gasteiger partial charge on any atom is 0.160 e. The summed E-state index contributed by atoms with van der Waals surface area (Å²) in [7, 11) is 0. The van der Waals surface area contributed by atoms with Gasteiger partial charge in [-0.15, -0.1) is 10.2 Å². The number of benzene rings is 1. The van der Waals surface area contributed by atoms with Crippen molar-refractivity contribution >= 4 is 17.2 Å². The Hall–Kier alpha value is -1.91. The molecule has 4 rings (SSSR count). The molecule has 0 saturated heterocycles. The lowest BCUT2D eigenvalue weighted by Crippen LogP contribution is -2.20. The highest BCUT2D eigenvalue weighted by molar-refractivity contribution is 6.30. The minimum absolute atomic E-state index is 0.369. The summed E-state index contributed by atoms with van der Waals surface area (Å²) in [4.78, 5) is 0. The third-order valence-electron chi connectivity index (χ3n) is 4.07. The van der Waals surface area contributed by atoms with Gasteiger partial charge in [0, 0.05) is 17.3 Å². The number of pyridine rings is 1. The van der Waals surface area contributed by atoms with Gasteiger partial charge in [-0.25, -0.2) is 0 Å². The summed E-state index contributed by atoms with van der Waals surface area (Å²) < 4.78 is 2.02. The van der Waals surface area contributed by atoms with Crippen LogP contribution in [-0.4, -0.2) is 14.6 Å². The van der Waals surface area contributed by atoms with E-state index in [-0.39, 0.29) is 0 Å². The lowest BCUT2D eigenvalue weighted by atomic mass is 10.1. The number of rotatable bonds is 3. The molecule has 0 saturated carbocycles. The van der Waals surface area contributed by atoms with Gasteiger partial charge in [-0.3, -0.25) is 4.40 Å². The molecule has 4 nitrogen and oxygen atoms in total. The number of aryl methyl sites for hydroxylation is 1. The summed E-state index contributed by atoms with van der Waals surface area (Å²) in [5.74, 6) is 0.938. The van der Waals surface area contributed by atoms with Crippen LogP contribution in [0.2, 0.25) is 5.02 Å². The molecule has 0 radical (unpaired) electrons. The first-order valence-corrected chi connectivity index (χ1v) is 7.49. The fourth-order valence-electron chi connectivity index (χ4n) is 3.02. The molecule has 1 aromatic carbocycles. The second-order valence-electron chi connectivity index (χ2n) is 5.36. The van der Waals surface area contributed by atoms with Crippen LogP contribution >= 0.6 is 11.6 Å². The van der Waals surface area contributed by atoms with E-state index in [1.807, 2.05) is 34.9 Å². The minimum atomic E-state index is 0.369. The van der Waals surface area contributed by atoms with Crippen molar-refractivity contribution in [3.8, 4) is 0 Å². The van der Waals surface area contributed by atoms with Crippen LogP contribution in [0, 0.1) is 0 Å². The van der Waals surface area contributed by atoms with Gasteiger partial charge in [0.25, 0.3) is 0 Å². The third kappa shape index (κ3) is 2.30. The first-order valence-electron chi connectivity index (χ1n) is 7.11. The molecule has 1 aliphatic rings. The Morgan fingerprint density at radius 3 is 3.14 bits per heavy atom. The van der Waals surface area contributed by atoms with Crippen molar-refractivity contribution in [1.29, 1.82) is 0 Å². The van der Waals surface area contributed by atoms with Crippen LogP contribution in [0.4, 0.5) is 0 Å². The Morgan fingerprint density at radius 2 is 2.19 bits per heavy atom. The molecule has 106 valence electrons. The second kappa shape index (κ2) is 5.13. The Kier molecular flexibility index (Phi) is 3.13. The predicted molar refractivity (Wildman–Crippen MR) is 82.3 cm³/mol. The van der Waals surface area contributed by atoms with E-state index in [2.05, 4.69) is 27.6 Å². The lowest BCUT2D eigenvalue weighted by Gasteiger charge is -2.13. The van der Waals surface area contributed by atoms with Crippen molar-refractivity contribution < 1.29 is 0 Å². The molecule has 2 aromatic heterocycles. The zero-order valence-electron chi connectivity index (χ0n) is 11.5. The van der Waals surface area contributed by atoms with Crippen LogP contribution in [-0.2, 0) is 13.0 Å². The van der Waals surface area contributed by atoms with Gasteiger partial charge in [-0.2, -0.15) is 0 Å². The predicted octanol–water partition coefficient (Wildman–Crippen LogP) is 3.16. The van der Waals surface area contributed by atoms with E-state index in [0.717, 1.165) is 29.3 Å². The van der Waals surface area contributed by atoms with Crippen molar-refractivity contribution in [3.63, 3.8) is 0 Å². The van der Waals surface area contributed by atoms with E-state index in [4.69, 9.17) is 11.6 Å². The van der Waals surface area contributed by atoms with Crippen LogP contribution in [0.5, 0.6) is 0 Å². The van der Waals surface area contributed by atoms with E-state index in [0.29, 0.717) is 12.6 Å². The molecule has 2 heterocycles. The van der Waals surface area contributed by atoms with Crippen LogP contribution in [0.1, 0.15) is 29.4 Å². The molecule has 5 heteroatoms. The maximum atomic E-state index is 6.05.